The SMILES string of the molecule is CCS(=O)(=O)CCNC(=NC)NC1CC2(CCCC2)Oc2ccccc21.I. The van der Waals surface area contributed by atoms with Crippen molar-refractivity contribution in [3.05, 3.63) is 29.8 Å². The number of nitrogens with zero attached hydrogens (tertiary/aromatic N) is 1. The van der Waals surface area contributed by atoms with Crippen LogP contribution in [0.2, 0.25) is 0 Å². The topological polar surface area (TPSA) is 79.8 Å². The lowest BCUT2D eigenvalue weighted by atomic mass is 9.86. The highest BCUT2D eigenvalue weighted by atomic mass is 127. The van der Waals surface area contributed by atoms with Gasteiger partial charge in [0.05, 0.1) is 11.8 Å². The van der Waals surface area contributed by atoms with Gasteiger partial charge in [0, 0.05) is 31.3 Å². The van der Waals surface area contributed by atoms with E-state index < -0.39 is 9.84 Å². The Morgan fingerprint density at radius 1 is 1.30 bits per heavy atom. The summed E-state index contributed by atoms with van der Waals surface area (Å²) in [4.78, 5) is 4.27. The van der Waals surface area contributed by atoms with E-state index in [0.29, 0.717) is 12.5 Å². The normalized spacial score (nSPS) is 21.1. The Bertz CT molecular complexity index is 761. The Morgan fingerprint density at radius 2 is 2.00 bits per heavy atom. The maximum atomic E-state index is 11.7. The molecule has 1 unspecified atom stereocenters. The number of aliphatic imine (C=N–C) groups is 1. The van der Waals surface area contributed by atoms with E-state index in [0.717, 1.165) is 30.6 Å². The van der Waals surface area contributed by atoms with Gasteiger partial charge in [0.25, 0.3) is 0 Å². The van der Waals surface area contributed by atoms with E-state index in [1.165, 1.54) is 12.8 Å². The van der Waals surface area contributed by atoms with Crippen molar-refractivity contribution in [3.8, 4) is 5.75 Å². The maximum Gasteiger partial charge on any atom is 0.191 e. The third-order valence-electron chi connectivity index (χ3n) is 5.39. The number of halogens is 1. The van der Waals surface area contributed by atoms with E-state index in [1.54, 1.807) is 14.0 Å². The Morgan fingerprint density at radius 3 is 2.67 bits per heavy atom. The number of sulfone groups is 1. The van der Waals surface area contributed by atoms with Gasteiger partial charge in [0.15, 0.2) is 15.8 Å². The smallest absolute Gasteiger partial charge is 0.191 e. The third-order valence-corrected chi connectivity index (χ3v) is 7.10. The van der Waals surface area contributed by atoms with Gasteiger partial charge in [-0.1, -0.05) is 25.1 Å². The molecule has 0 radical (unpaired) electrons. The van der Waals surface area contributed by atoms with Gasteiger partial charge in [-0.25, -0.2) is 8.42 Å². The summed E-state index contributed by atoms with van der Waals surface area (Å²) in [6.07, 6.45) is 5.48. The highest BCUT2D eigenvalue weighted by Gasteiger charge is 2.43. The van der Waals surface area contributed by atoms with Crippen molar-refractivity contribution in [2.75, 3.05) is 25.1 Å². The van der Waals surface area contributed by atoms with Crippen LogP contribution in [-0.2, 0) is 9.84 Å². The van der Waals surface area contributed by atoms with Gasteiger partial charge in [0.1, 0.15) is 11.4 Å². The van der Waals surface area contributed by atoms with E-state index in [1.807, 2.05) is 18.2 Å². The van der Waals surface area contributed by atoms with Crippen LogP contribution in [-0.4, -0.2) is 45.1 Å². The molecule has 1 saturated carbocycles. The Kier molecular flexibility index (Phi) is 7.79. The molecule has 8 heteroatoms. The Labute approximate surface area is 179 Å². The summed E-state index contributed by atoms with van der Waals surface area (Å²) in [6, 6.07) is 8.25. The zero-order chi connectivity index (χ0) is 18.6. The van der Waals surface area contributed by atoms with Gasteiger partial charge in [-0.15, -0.1) is 24.0 Å². The molecule has 0 amide bonds. The molecule has 2 N–H and O–H groups in total. The maximum absolute atomic E-state index is 11.7. The number of benzene rings is 1. The summed E-state index contributed by atoms with van der Waals surface area (Å²) in [5.41, 5.74) is 1.05. The molecule has 0 aromatic heterocycles. The van der Waals surface area contributed by atoms with Crippen molar-refractivity contribution >= 4 is 39.8 Å². The molecule has 1 spiro atoms. The number of guanidine groups is 1. The lowest BCUT2D eigenvalue weighted by molar-refractivity contribution is 0.0396. The molecule has 1 aliphatic carbocycles. The summed E-state index contributed by atoms with van der Waals surface area (Å²) in [7, 11) is -1.28. The fraction of sp³-hybridized carbons (Fsp3) is 0.632. The van der Waals surface area contributed by atoms with Crippen LogP contribution >= 0.6 is 24.0 Å². The van der Waals surface area contributed by atoms with Gasteiger partial charge in [-0.2, -0.15) is 0 Å². The first-order valence-corrected chi connectivity index (χ1v) is 11.2. The van der Waals surface area contributed by atoms with Crippen LogP contribution in [0.25, 0.3) is 0 Å². The van der Waals surface area contributed by atoms with Crippen LogP contribution in [0.3, 0.4) is 0 Å². The number of fused-ring (bicyclic) bond motifs is 1. The fourth-order valence-corrected chi connectivity index (χ4v) is 4.60. The highest BCUT2D eigenvalue weighted by Crippen LogP contribution is 2.46. The van der Waals surface area contributed by atoms with E-state index >= 15 is 0 Å². The molecule has 27 heavy (non-hydrogen) atoms. The molecule has 3 rings (SSSR count). The van der Waals surface area contributed by atoms with E-state index in [-0.39, 0.29) is 47.1 Å². The third kappa shape index (κ3) is 5.49. The molecule has 0 saturated heterocycles. The first kappa shape index (κ1) is 22.3. The molecule has 0 bridgehead atoms. The van der Waals surface area contributed by atoms with Crippen LogP contribution in [0.4, 0.5) is 0 Å². The summed E-state index contributed by atoms with van der Waals surface area (Å²) in [5.74, 6) is 1.85. The van der Waals surface area contributed by atoms with Gasteiger partial charge >= 0.3 is 0 Å². The van der Waals surface area contributed by atoms with E-state index in [9.17, 15) is 8.42 Å². The first-order chi connectivity index (χ1) is 12.5. The average Bonchev–Trinajstić information content (AvgIpc) is 3.08. The predicted octanol–water partition coefficient (Wildman–Crippen LogP) is 3.04. The summed E-state index contributed by atoms with van der Waals surface area (Å²) < 4.78 is 29.7. The average molecular weight is 507 g/mol. The molecule has 1 aromatic carbocycles. The quantitative estimate of drug-likeness (QED) is 0.364. The molecular formula is C19H30IN3O3S. The molecule has 6 nitrogen and oxygen atoms in total. The van der Waals surface area contributed by atoms with E-state index in [2.05, 4.69) is 21.7 Å². The number of nitrogens with one attached hydrogen (secondary N) is 2. The van der Waals surface area contributed by atoms with Crippen LogP contribution in [0.1, 0.15) is 50.6 Å². The lowest BCUT2D eigenvalue weighted by Crippen LogP contribution is -2.47. The fourth-order valence-electron chi connectivity index (χ4n) is 3.90. The van der Waals surface area contributed by atoms with Gasteiger partial charge < -0.3 is 15.4 Å². The highest BCUT2D eigenvalue weighted by molar-refractivity contribution is 14.0. The summed E-state index contributed by atoms with van der Waals surface area (Å²) in [5, 5.41) is 6.62. The molecule has 1 heterocycles. The van der Waals surface area contributed by atoms with Crippen LogP contribution in [0.15, 0.2) is 29.3 Å². The number of hydrogen-bond donors (Lipinski definition) is 2. The van der Waals surface area contributed by atoms with Crippen LogP contribution < -0.4 is 15.4 Å². The number of para-hydroxylation sites is 1. The van der Waals surface area contributed by atoms with Gasteiger partial charge in [-0.05, 0) is 31.7 Å². The van der Waals surface area contributed by atoms with Crippen LogP contribution in [0.5, 0.6) is 5.75 Å². The zero-order valence-corrected chi connectivity index (χ0v) is 19.2. The molecule has 1 atom stereocenters. The van der Waals surface area contributed by atoms with Crippen molar-refractivity contribution in [1.29, 1.82) is 0 Å². The molecular weight excluding hydrogens is 477 g/mol. The van der Waals surface area contributed by atoms with Crippen molar-refractivity contribution in [2.45, 2.75) is 50.7 Å². The van der Waals surface area contributed by atoms with E-state index in [4.69, 9.17) is 4.74 Å². The monoisotopic (exact) mass is 507 g/mol. The second-order valence-electron chi connectivity index (χ2n) is 7.17. The number of hydrogen-bond acceptors (Lipinski definition) is 4. The summed E-state index contributed by atoms with van der Waals surface area (Å²) >= 11 is 0. The standard InChI is InChI=1S/C19H29N3O3S.HI/c1-3-26(23,24)13-12-21-18(20-2)22-16-14-19(10-6-7-11-19)25-17-9-5-4-8-15(16)17;/h4-5,8-9,16H,3,6-7,10-14H2,1-2H3,(H2,20,21,22);1H. The molecule has 2 aliphatic rings. The first-order valence-electron chi connectivity index (χ1n) is 9.42. The second kappa shape index (κ2) is 9.45. The van der Waals surface area contributed by atoms with Gasteiger partial charge in [-0.3, -0.25) is 4.99 Å². The number of rotatable bonds is 5. The van der Waals surface area contributed by atoms with Crippen molar-refractivity contribution in [3.63, 3.8) is 0 Å². The minimum atomic E-state index is -2.99. The Hall–Kier alpha value is -1.03. The molecule has 1 aliphatic heterocycles. The second-order valence-corrected chi connectivity index (χ2v) is 9.64. The van der Waals surface area contributed by atoms with Crippen molar-refractivity contribution < 1.29 is 13.2 Å². The molecule has 1 fully saturated rings. The largest absolute Gasteiger partial charge is 0.487 e. The summed E-state index contributed by atoms with van der Waals surface area (Å²) in [6.45, 7) is 2.02. The number of ether oxygens (including phenoxy) is 1. The lowest BCUT2D eigenvalue weighted by Gasteiger charge is -2.40. The van der Waals surface area contributed by atoms with Crippen molar-refractivity contribution in [1.82, 2.24) is 10.6 Å². The van der Waals surface area contributed by atoms with Crippen LogP contribution in [0, 0.1) is 0 Å². The predicted molar refractivity (Wildman–Crippen MR) is 120 cm³/mol. The minimum absolute atomic E-state index is 0. The zero-order valence-electron chi connectivity index (χ0n) is 16.0. The molecule has 152 valence electrons. The minimum Gasteiger partial charge on any atom is -0.487 e. The molecule has 1 aromatic rings. The Balaban J connectivity index is 0.00000261. The van der Waals surface area contributed by atoms with Gasteiger partial charge in [0.2, 0.25) is 0 Å². The van der Waals surface area contributed by atoms with Crippen molar-refractivity contribution in [2.24, 2.45) is 4.99 Å².